The Balaban J connectivity index is 1.44. The van der Waals surface area contributed by atoms with Crippen LogP contribution >= 0.6 is 0 Å². The second kappa shape index (κ2) is 12.1. The van der Waals surface area contributed by atoms with Gasteiger partial charge < -0.3 is 28.5 Å². The summed E-state index contributed by atoms with van der Waals surface area (Å²) in [5, 5.41) is 11.8. The average molecular weight is 539 g/mol. The van der Waals surface area contributed by atoms with E-state index in [1.54, 1.807) is 38.5 Å². The molecule has 0 aliphatic rings. The van der Waals surface area contributed by atoms with E-state index in [1.165, 1.54) is 6.07 Å². The van der Waals surface area contributed by atoms with Gasteiger partial charge in [0.1, 0.15) is 41.1 Å². The average Bonchev–Trinajstić information content (AvgIpc) is 3.01. The lowest BCUT2D eigenvalue weighted by Crippen LogP contribution is -2.37. The first-order valence-electron chi connectivity index (χ1n) is 12.8. The second-order valence-electron chi connectivity index (χ2n) is 9.23. The van der Waals surface area contributed by atoms with Crippen LogP contribution in [-0.2, 0) is 10.3 Å². The Morgan fingerprint density at radius 2 is 1.25 bits per heavy atom. The number of aliphatic hydroxyl groups is 1. The van der Waals surface area contributed by atoms with Crippen molar-refractivity contribution in [2.75, 3.05) is 27.4 Å². The number of rotatable bonds is 11. The third-order valence-electron chi connectivity index (χ3n) is 6.70. The number of fused-ring (bicyclic) bond motifs is 1. The van der Waals surface area contributed by atoms with E-state index >= 15 is 0 Å². The van der Waals surface area contributed by atoms with Crippen LogP contribution in [-0.4, -0.2) is 38.6 Å². The molecule has 0 aliphatic carbocycles. The van der Waals surface area contributed by atoms with Crippen LogP contribution in [0.25, 0.3) is 11.0 Å². The molecular formula is C33H30O7. The van der Waals surface area contributed by atoms with E-state index in [0.29, 0.717) is 11.3 Å². The third-order valence-corrected chi connectivity index (χ3v) is 6.70. The van der Waals surface area contributed by atoms with Crippen molar-refractivity contribution >= 4 is 11.0 Å². The smallest absolute Gasteiger partial charge is 0.336 e. The topological polar surface area (TPSA) is 87.4 Å². The molecule has 0 amide bonds. The van der Waals surface area contributed by atoms with E-state index < -0.39 is 17.3 Å². The minimum Gasteiger partial charge on any atom is -0.497 e. The monoisotopic (exact) mass is 538 g/mol. The van der Waals surface area contributed by atoms with Crippen LogP contribution in [0.1, 0.15) is 16.7 Å². The number of hydrogen-bond donors (Lipinski definition) is 1. The number of hydrogen-bond acceptors (Lipinski definition) is 7. The highest BCUT2D eigenvalue weighted by molar-refractivity contribution is 5.77. The fourth-order valence-corrected chi connectivity index (χ4v) is 4.67. The molecule has 5 rings (SSSR count). The van der Waals surface area contributed by atoms with Crippen LogP contribution in [0.4, 0.5) is 0 Å². The summed E-state index contributed by atoms with van der Waals surface area (Å²) in [7, 11) is 3.25. The lowest BCUT2D eigenvalue weighted by molar-refractivity contribution is -0.0494. The van der Waals surface area contributed by atoms with Gasteiger partial charge in [0.25, 0.3) is 0 Å². The van der Waals surface area contributed by atoms with Crippen molar-refractivity contribution in [3.63, 3.8) is 0 Å². The van der Waals surface area contributed by atoms with E-state index in [1.807, 2.05) is 78.9 Å². The minimum absolute atomic E-state index is 0.0291. The van der Waals surface area contributed by atoms with Crippen molar-refractivity contribution < 1.29 is 28.5 Å². The quantitative estimate of drug-likeness (QED) is 0.174. The summed E-state index contributed by atoms with van der Waals surface area (Å²) >= 11 is 0. The predicted octanol–water partition coefficient (Wildman–Crippen LogP) is 5.56. The fourth-order valence-electron chi connectivity index (χ4n) is 4.67. The van der Waals surface area contributed by atoms with E-state index in [9.17, 15) is 9.90 Å². The molecule has 1 N–H and O–H groups in total. The summed E-state index contributed by atoms with van der Waals surface area (Å²) in [6, 6.07) is 33.5. The number of benzene rings is 4. The van der Waals surface area contributed by atoms with Gasteiger partial charge in [-0.15, -0.1) is 0 Å². The molecule has 1 heterocycles. The van der Waals surface area contributed by atoms with Crippen LogP contribution in [0, 0.1) is 0 Å². The molecule has 0 fully saturated rings. The molecule has 1 unspecified atom stereocenters. The van der Waals surface area contributed by atoms with Gasteiger partial charge in [-0.1, -0.05) is 54.6 Å². The SMILES string of the molecule is COc1ccc(C(OCC(O)COc2ccc3ccc(=O)oc3c2)(c2ccccc2)c2ccc(OC)cc2)cc1. The molecule has 7 heteroatoms. The highest BCUT2D eigenvalue weighted by Gasteiger charge is 2.38. The van der Waals surface area contributed by atoms with Crippen LogP contribution in [0.5, 0.6) is 17.2 Å². The zero-order valence-corrected chi connectivity index (χ0v) is 22.3. The van der Waals surface area contributed by atoms with Gasteiger partial charge >= 0.3 is 5.63 Å². The molecule has 0 radical (unpaired) electrons. The molecule has 0 saturated heterocycles. The molecule has 204 valence electrons. The summed E-state index contributed by atoms with van der Waals surface area (Å²) in [5.41, 5.74) is 1.55. The van der Waals surface area contributed by atoms with Crippen molar-refractivity contribution in [3.8, 4) is 17.2 Å². The Kier molecular flexibility index (Phi) is 8.15. The van der Waals surface area contributed by atoms with Gasteiger partial charge in [-0.2, -0.15) is 0 Å². The summed E-state index contributed by atoms with van der Waals surface area (Å²) in [6.07, 6.45) is -0.960. The summed E-state index contributed by atoms with van der Waals surface area (Å²) in [4.78, 5) is 11.6. The largest absolute Gasteiger partial charge is 0.497 e. The van der Waals surface area contributed by atoms with Gasteiger partial charge in [0.15, 0.2) is 0 Å². The van der Waals surface area contributed by atoms with Gasteiger partial charge in [0, 0.05) is 17.5 Å². The summed E-state index contributed by atoms with van der Waals surface area (Å²) < 4.78 is 28.6. The molecule has 0 spiro atoms. The van der Waals surface area contributed by atoms with Crippen molar-refractivity contribution in [1.29, 1.82) is 0 Å². The molecule has 4 aromatic carbocycles. The number of methoxy groups -OCH3 is 2. The molecule has 0 aliphatic heterocycles. The zero-order chi connectivity index (χ0) is 28.0. The Bertz CT molecular complexity index is 1550. The summed E-state index contributed by atoms with van der Waals surface area (Å²) in [5.74, 6) is 1.92. The van der Waals surface area contributed by atoms with E-state index in [-0.39, 0.29) is 13.2 Å². The van der Waals surface area contributed by atoms with Gasteiger partial charge in [0.05, 0.1) is 20.8 Å². The molecule has 40 heavy (non-hydrogen) atoms. The molecule has 0 saturated carbocycles. The maximum Gasteiger partial charge on any atom is 0.336 e. The first kappa shape index (κ1) is 27.0. The van der Waals surface area contributed by atoms with E-state index in [0.717, 1.165) is 33.6 Å². The predicted molar refractivity (Wildman–Crippen MR) is 152 cm³/mol. The molecular weight excluding hydrogens is 508 g/mol. The standard InChI is InChI=1S/C33H30O7/c1-36-28-15-10-25(11-16-28)33(24-6-4-3-5-7-24,26-12-17-29(37-2)18-13-26)39-22-27(34)21-38-30-14-8-23-9-19-32(35)40-31(23)20-30/h3-20,27,34H,21-22H2,1-2H3. The van der Waals surface area contributed by atoms with E-state index in [4.69, 9.17) is 23.4 Å². The zero-order valence-electron chi connectivity index (χ0n) is 22.3. The minimum atomic E-state index is -1.05. The van der Waals surface area contributed by atoms with Crippen molar-refractivity contribution in [3.05, 3.63) is 136 Å². The van der Waals surface area contributed by atoms with Crippen LogP contribution < -0.4 is 19.8 Å². The Hall–Kier alpha value is -4.59. The first-order chi connectivity index (χ1) is 19.5. The number of aliphatic hydroxyl groups excluding tert-OH is 1. The fraction of sp³-hybridized carbons (Fsp3) is 0.182. The maximum absolute atomic E-state index is 11.6. The molecule has 7 nitrogen and oxygen atoms in total. The first-order valence-corrected chi connectivity index (χ1v) is 12.8. The van der Waals surface area contributed by atoms with Crippen LogP contribution in [0.15, 0.2) is 118 Å². The summed E-state index contributed by atoms with van der Waals surface area (Å²) in [6.45, 7) is -0.0612. The lowest BCUT2D eigenvalue weighted by Gasteiger charge is -2.36. The van der Waals surface area contributed by atoms with Crippen LogP contribution in [0.2, 0.25) is 0 Å². The molecule has 1 atom stereocenters. The maximum atomic E-state index is 11.6. The molecule has 0 bridgehead atoms. The van der Waals surface area contributed by atoms with Crippen molar-refractivity contribution in [2.24, 2.45) is 0 Å². The van der Waals surface area contributed by atoms with Gasteiger partial charge in [-0.05, 0) is 59.2 Å². The lowest BCUT2D eigenvalue weighted by atomic mass is 9.80. The van der Waals surface area contributed by atoms with Crippen LogP contribution in [0.3, 0.4) is 0 Å². The molecule has 5 aromatic rings. The van der Waals surface area contributed by atoms with Gasteiger partial charge in [0.2, 0.25) is 0 Å². The Labute approximate surface area is 232 Å². The van der Waals surface area contributed by atoms with Gasteiger partial charge in [-0.3, -0.25) is 0 Å². The Morgan fingerprint density at radius 3 is 1.85 bits per heavy atom. The normalized spacial score (nSPS) is 12.2. The van der Waals surface area contributed by atoms with Gasteiger partial charge in [-0.25, -0.2) is 4.79 Å². The molecule has 1 aromatic heterocycles. The highest BCUT2D eigenvalue weighted by Crippen LogP contribution is 2.41. The van der Waals surface area contributed by atoms with Crippen molar-refractivity contribution in [2.45, 2.75) is 11.7 Å². The highest BCUT2D eigenvalue weighted by atomic mass is 16.5. The van der Waals surface area contributed by atoms with E-state index in [2.05, 4.69) is 0 Å². The number of ether oxygens (including phenoxy) is 4. The van der Waals surface area contributed by atoms with Crippen molar-refractivity contribution in [1.82, 2.24) is 0 Å². The Morgan fingerprint density at radius 1 is 0.700 bits per heavy atom. The third kappa shape index (κ3) is 5.71. The second-order valence-corrected chi connectivity index (χ2v) is 9.23.